The molecular formula is C12H17FN4O4. The quantitative estimate of drug-likeness (QED) is 0.442. The number of nitrogens with zero attached hydrogens (tertiary/aromatic N) is 3. The molecule has 0 aliphatic carbocycles. The fourth-order valence-corrected chi connectivity index (χ4v) is 2.28. The second kappa shape index (κ2) is 5.57. The lowest BCUT2D eigenvalue weighted by Gasteiger charge is -2.34. The Morgan fingerprint density at radius 1 is 1.57 bits per heavy atom. The third kappa shape index (κ3) is 2.58. The molecule has 21 heavy (non-hydrogen) atoms. The molecule has 0 saturated carbocycles. The van der Waals surface area contributed by atoms with Crippen LogP contribution in [0, 0.1) is 11.8 Å². The van der Waals surface area contributed by atoms with Crippen molar-refractivity contribution in [2.75, 3.05) is 0 Å². The number of guanidine groups is 1. The first-order valence-electron chi connectivity index (χ1n) is 6.28. The number of aliphatic imine (C=N–C) groups is 2. The molecule has 6 atom stereocenters. The topological polar surface area (TPSA) is 124 Å². The molecular weight excluding hydrogens is 283 g/mol. The van der Waals surface area contributed by atoms with Crippen molar-refractivity contribution in [1.29, 1.82) is 0 Å². The summed E-state index contributed by atoms with van der Waals surface area (Å²) in [7, 11) is 0. The molecule has 1 saturated heterocycles. The van der Waals surface area contributed by atoms with Gasteiger partial charge in [0.1, 0.15) is 18.5 Å². The monoisotopic (exact) mass is 300 g/mol. The lowest BCUT2D eigenvalue weighted by molar-refractivity contribution is -0.127. The fourth-order valence-electron chi connectivity index (χ4n) is 2.28. The highest BCUT2D eigenvalue weighted by atomic mass is 19.1. The van der Waals surface area contributed by atoms with Crippen LogP contribution >= 0.6 is 0 Å². The molecule has 2 aliphatic heterocycles. The summed E-state index contributed by atoms with van der Waals surface area (Å²) in [6.07, 6.45) is -5.99. The summed E-state index contributed by atoms with van der Waals surface area (Å²) in [6, 6.07) is 0. The van der Waals surface area contributed by atoms with Crippen molar-refractivity contribution in [3.05, 3.63) is 0 Å². The number of ether oxygens (including phenoxy) is 1. The molecule has 0 spiro atoms. The Bertz CT molecular complexity index is 529. The minimum atomic E-state index is -2.52. The second-order valence-electron chi connectivity index (χ2n) is 4.81. The van der Waals surface area contributed by atoms with E-state index in [-0.39, 0.29) is 5.96 Å². The summed E-state index contributed by atoms with van der Waals surface area (Å²) in [5.74, 6) is 4.44. The van der Waals surface area contributed by atoms with Gasteiger partial charge in [-0.15, -0.1) is 5.92 Å². The largest absolute Gasteiger partial charge is 0.391 e. The van der Waals surface area contributed by atoms with E-state index >= 15 is 4.39 Å². The maximum Gasteiger partial charge on any atom is 0.243 e. The Morgan fingerprint density at radius 3 is 2.76 bits per heavy atom. The summed E-state index contributed by atoms with van der Waals surface area (Å²) in [5.41, 5.74) is 2.81. The number of aliphatic hydroxyl groups excluding tert-OH is 3. The van der Waals surface area contributed by atoms with Gasteiger partial charge in [0.05, 0.1) is 6.10 Å². The summed E-state index contributed by atoms with van der Waals surface area (Å²) in [4.78, 5) is 8.16. The zero-order valence-corrected chi connectivity index (χ0v) is 11.5. The molecule has 116 valence electrons. The number of hydrogen-bond donors (Lipinski definition) is 4. The maximum atomic E-state index is 15.1. The van der Waals surface area contributed by atoms with E-state index in [1.165, 1.54) is 13.8 Å². The Kier molecular flexibility index (Phi) is 4.15. The lowest BCUT2D eigenvalue weighted by atomic mass is 9.94. The minimum Gasteiger partial charge on any atom is -0.391 e. The molecule has 0 radical (unpaired) electrons. The average molecular weight is 300 g/mol. The molecule has 2 aliphatic rings. The third-order valence-corrected chi connectivity index (χ3v) is 3.29. The molecule has 0 aromatic heterocycles. The average Bonchev–Trinajstić information content (AvgIpc) is 2.64. The van der Waals surface area contributed by atoms with Gasteiger partial charge in [-0.2, -0.15) is 4.99 Å². The van der Waals surface area contributed by atoms with Gasteiger partial charge in [-0.3, -0.25) is 4.90 Å². The first-order chi connectivity index (χ1) is 9.81. The standard InChI is InChI=1S/C12H17FN4O4/c1-3-4-12(13)8(19)7(6(2)18)21-9(12)17-5-15-10(14)16-11(17)20/h5-9,11,18-20H,1-2H3,(H2,14,16)/t6-,7+,8-,9+,11?,12?/m0/s1. The molecule has 1 fully saturated rings. The molecule has 2 rings (SSSR count). The van der Waals surface area contributed by atoms with Crippen molar-refractivity contribution in [2.45, 2.75) is 50.4 Å². The Hall–Kier alpha value is -1.73. The van der Waals surface area contributed by atoms with Crippen LogP contribution in [0.15, 0.2) is 9.98 Å². The smallest absolute Gasteiger partial charge is 0.243 e. The van der Waals surface area contributed by atoms with Crippen molar-refractivity contribution < 1.29 is 24.4 Å². The number of halogens is 1. The van der Waals surface area contributed by atoms with Crippen LogP contribution in [0.1, 0.15) is 13.8 Å². The highest BCUT2D eigenvalue weighted by Gasteiger charge is 2.60. The van der Waals surface area contributed by atoms with Crippen molar-refractivity contribution in [3.63, 3.8) is 0 Å². The van der Waals surface area contributed by atoms with Crippen LogP contribution in [0.5, 0.6) is 0 Å². The highest BCUT2D eigenvalue weighted by Crippen LogP contribution is 2.38. The van der Waals surface area contributed by atoms with Crippen LogP contribution in [-0.4, -0.2) is 69.1 Å². The van der Waals surface area contributed by atoms with Gasteiger partial charge >= 0.3 is 0 Å². The van der Waals surface area contributed by atoms with Crippen LogP contribution in [0.2, 0.25) is 0 Å². The van der Waals surface area contributed by atoms with E-state index in [9.17, 15) is 15.3 Å². The van der Waals surface area contributed by atoms with Crippen molar-refractivity contribution in [3.8, 4) is 11.8 Å². The zero-order chi connectivity index (χ0) is 15.8. The van der Waals surface area contributed by atoms with Crippen molar-refractivity contribution >= 4 is 12.3 Å². The predicted molar refractivity (Wildman–Crippen MR) is 71.6 cm³/mol. The fraction of sp³-hybridized carbons (Fsp3) is 0.667. The normalized spacial score (nSPS) is 40.5. The maximum absolute atomic E-state index is 15.1. The van der Waals surface area contributed by atoms with Crippen molar-refractivity contribution in [2.24, 2.45) is 15.7 Å². The first-order valence-corrected chi connectivity index (χ1v) is 6.28. The van der Waals surface area contributed by atoms with Crippen LogP contribution in [0.25, 0.3) is 0 Å². The van der Waals surface area contributed by atoms with E-state index in [4.69, 9.17) is 10.5 Å². The molecule has 0 aromatic rings. The van der Waals surface area contributed by atoms with Crippen molar-refractivity contribution in [1.82, 2.24) is 4.90 Å². The van der Waals surface area contributed by atoms with Gasteiger partial charge in [0.15, 0.2) is 6.23 Å². The first kappa shape index (κ1) is 15.7. The number of hydrogen-bond acceptors (Lipinski definition) is 8. The Balaban J connectivity index is 2.36. The van der Waals surface area contributed by atoms with E-state index in [0.717, 1.165) is 11.2 Å². The summed E-state index contributed by atoms with van der Waals surface area (Å²) in [6.45, 7) is 2.75. The molecule has 2 unspecified atom stereocenters. The van der Waals surface area contributed by atoms with Gasteiger partial charge < -0.3 is 25.8 Å². The summed E-state index contributed by atoms with van der Waals surface area (Å²) >= 11 is 0. The number of nitrogens with two attached hydrogens (primary N) is 1. The Labute approximate surface area is 120 Å². The predicted octanol–water partition coefficient (Wildman–Crippen LogP) is -1.88. The molecule has 0 amide bonds. The van der Waals surface area contributed by atoms with Crippen LogP contribution in [-0.2, 0) is 4.74 Å². The highest BCUT2D eigenvalue weighted by molar-refractivity contribution is 5.87. The molecule has 0 bridgehead atoms. The molecule has 9 heteroatoms. The summed E-state index contributed by atoms with van der Waals surface area (Å²) < 4.78 is 20.4. The van der Waals surface area contributed by atoms with Crippen LogP contribution < -0.4 is 5.73 Å². The molecule has 8 nitrogen and oxygen atoms in total. The van der Waals surface area contributed by atoms with Crippen LogP contribution in [0.4, 0.5) is 4.39 Å². The van der Waals surface area contributed by atoms with Gasteiger partial charge in [0, 0.05) is 0 Å². The van der Waals surface area contributed by atoms with E-state index in [1.807, 2.05) is 0 Å². The van der Waals surface area contributed by atoms with Gasteiger partial charge in [-0.05, 0) is 13.8 Å². The summed E-state index contributed by atoms with van der Waals surface area (Å²) in [5, 5.41) is 29.5. The number of aliphatic hydroxyl groups is 3. The van der Waals surface area contributed by atoms with E-state index in [2.05, 4.69) is 21.8 Å². The van der Waals surface area contributed by atoms with Gasteiger partial charge in [0.25, 0.3) is 0 Å². The van der Waals surface area contributed by atoms with E-state index in [1.54, 1.807) is 0 Å². The third-order valence-electron chi connectivity index (χ3n) is 3.29. The number of alkyl halides is 1. The van der Waals surface area contributed by atoms with E-state index in [0.29, 0.717) is 0 Å². The second-order valence-corrected chi connectivity index (χ2v) is 4.81. The SMILES string of the molecule is CC#CC1(F)[C@@H](O)[C@@H]([C@H](C)O)O[C@H]1N1C=NC(N)=NC1O. The van der Waals surface area contributed by atoms with Gasteiger partial charge in [-0.1, -0.05) is 5.92 Å². The zero-order valence-electron chi connectivity index (χ0n) is 11.5. The molecule has 5 N–H and O–H groups in total. The minimum absolute atomic E-state index is 0.171. The van der Waals surface area contributed by atoms with E-state index < -0.39 is 36.6 Å². The molecule has 2 heterocycles. The van der Waals surface area contributed by atoms with Gasteiger partial charge in [-0.25, -0.2) is 9.38 Å². The number of rotatable bonds is 2. The molecule has 0 aromatic carbocycles. The lowest BCUT2D eigenvalue weighted by Crippen LogP contribution is -2.55. The van der Waals surface area contributed by atoms with Gasteiger partial charge in [0.2, 0.25) is 18.0 Å². The van der Waals surface area contributed by atoms with Crippen LogP contribution in [0.3, 0.4) is 0 Å². The Morgan fingerprint density at radius 2 is 2.24 bits per heavy atom.